The number of rotatable bonds is 5. The van der Waals surface area contributed by atoms with Crippen molar-refractivity contribution in [3.63, 3.8) is 0 Å². The summed E-state index contributed by atoms with van der Waals surface area (Å²) in [6, 6.07) is 65.1. The van der Waals surface area contributed by atoms with Crippen LogP contribution in [0.25, 0.3) is 44.2 Å². The van der Waals surface area contributed by atoms with Gasteiger partial charge in [-0.15, -0.1) is 0 Å². The second-order valence-corrected chi connectivity index (χ2v) is 33.7. The van der Waals surface area contributed by atoms with Crippen LogP contribution in [-0.4, -0.2) is 6.85 Å². The minimum Gasteiger partial charge on any atom is -0.456 e. The van der Waals surface area contributed by atoms with E-state index in [1.54, 1.807) is 0 Å². The molecule has 0 atom stereocenters. The van der Waals surface area contributed by atoms with E-state index in [-0.39, 0.29) is 50.2 Å². The molecule has 6 aliphatic rings. The molecule has 9 aromatic carbocycles. The van der Waals surface area contributed by atoms with Gasteiger partial charge in [0.25, 0.3) is 0 Å². The van der Waals surface area contributed by atoms with Gasteiger partial charge >= 0.3 is 6.85 Å². The van der Waals surface area contributed by atoms with Crippen molar-refractivity contribution < 1.29 is 4.42 Å². The average Bonchev–Trinajstić information content (AvgIpc) is 0.858. The molecule has 1 aromatic heterocycles. The average molecular weight is 1180 g/mol. The molecule has 0 bridgehead atoms. The lowest BCUT2D eigenvalue weighted by atomic mass is 9.42. The van der Waals surface area contributed by atoms with E-state index in [1.807, 2.05) is 0 Å². The molecule has 0 unspecified atom stereocenters. The van der Waals surface area contributed by atoms with E-state index in [9.17, 15) is 0 Å². The maximum absolute atomic E-state index is 6.83. The van der Waals surface area contributed by atoms with Crippen molar-refractivity contribution in [2.24, 2.45) is 0 Å². The molecule has 5 heteroatoms. The normalized spacial score (nSPS) is 19.5. The van der Waals surface area contributed by atoms with Crippen molar-refractivity contribution in [2.75, 3.05) is 14.6 Å². The third-order valence-electron chi connectivity index (χ3n) is 23.8. The lowest BCUT2D eigenvalue weighted by molar-refractivity contribution is 0.332. The van der Waals surface area contributed by atoms with Crippen molar-refractivity contribution in [1.29, 1.82) is 0 Å². The van der Waals surface area contributed by atoms with Crippen LogP contribution in [0.1, 0.15) is 206 Å². The zero-order valence-electron chi connectivity index (χ0n) is 56.7. The van der Waals surface area contributed by atoms with Crippen LogP contribution >= 0.6 is 0 Å². The Morgan fingerprint density at radius 1 is 0.400 bits per heavy atom. The van der Waals surface area contributed by atoms with Gasteiger partial charge in [0.15, 0.2) is 0 Å². The molecule has 90 heavy (non-hydrogen) atoms. The molecular weight excluding hydrogens is 1090 g/mol. The van der Waals surface area contributed by atoms with Crippen LogP contribution in [0.15, 0.2) is 168 Å². The maximum atomic E-state index is 6.83. The van der Waals surface area contributed by atoms with Crippen molar-refractivity contribution >= 4 is 85.2 Å². The zero-order chi connectivity index (χ0) is 62.9. The lowest BCUT2D eigenvalue weighted by Gasteiger charge is -2.50. The van der Waals surface area contributed by atoms with Crippen LogP contribution in [0.5, 0.6) is 0 Å². The topological polar surface area (TPSA) is 22.9 Å². The first-order valence-electron chi connectivity index (χ1n) is 33.8. The number of hydrogen-bond donors (Lipinski definition) is 0. The largest absolute Gasteiger partial charge is 0.456 e. The minimum absolute atomic E-state index is 0.00366. The van der Waals surface area contributed by atoms with Gasteiger partial charge in [-0.25, -0.2) is 0 Å². The molecule has 3 heterocycles. The Labute approximate surface area is 536 Å². The highest BCUT2D eigenvalue weighted by Crippen LogP contribution is 2.60. The van der Waals surface area contributed by atoms with Crippen molar-refractivity contribution in [3.05, 3.63) is 214 Å². The lowest BCUT2D eigenvalue weighted by Crippen LogP contribution is -2.62. The molecule has 0 N–H and O–H groups in total. The number of fused-ring (bicyclic) bond motifs is 14. The van der Waals surface area contributed by atoms with Crippen molar-refractivity contribution in [1.82, 2.24) is 0 Å². The van der Waals surface area contributed by atoms with E-state index in [0.717, 1.165) is 71.1 Å². The second kappa shape index (κ2) is 18.7. The van der Waals surface area contributed by atoms with Gasteiger partial charge in [-0.1, -0.05) is 197 Å². The van der Waals surface area contributed by atoms with E-state index >= 15 is 0 Å². The fourth-order valence-electron chi connectivity index (χ4n) is 17.9. The summed E-state index contributed by atoms with van der Waals surface area (Å²) in [6.07, 6.45) is 6.89. The highest BCUT2D eigenvalue weighted by Gasteiger charge is 2.52. The summed E-state index contributed by atoms with van der Waals surface area (Å²) in [5.74, 6) is 0. The molecule has 16 rings (SSSR count). The van der Waals surface area contributed by atoms with Crippen LogP contribution in [0.2, 0.25) is 0 Å². The van der Waals surface area contributed by atoms with Gasteiger partial charge in [0.1, 0.15) is 11.2 Å². The van der Waals surface area contributed by atoms with E-state index in [1.165, 1.54) is 118 Å². The molecule has 0 fully saturated rings. The summed E-state index contributed by atoms with van der Waals surface area (Å²) in [5.41, 5.74) is 31.9. The number of anilines is 8. The highest BCUT2D eigenvalue weighted by atomic mass is 16.3. The third kappa shape index (κ3) is 8.24. The van der Waals surface area contributed by atoms with Crippen molar-refractivity contribution in [3.8, 4) is 22.3 Å². The highest BCUT2D eigenvalue weighted by molar-refractivity contribution is 6.93. The molecule has 0 radical (unpaired) electrons. The fourth-order valence-corrected chi connectivity index (χ4v) is 17.9. The van der Waals surface area contributed by atoms with Crippen LogP contribution in [0.3, 0.4) is 0 Å². The number of para-hydroxylation sites is 1. The summed E-state index contributed by atoms with van der Waals surface area (Å²) >= 11 is 0. The van der Waals surface area contributed by atoms with Gasteiger partial charge in [0, 0.05) is 73.3 Å². The summed E-state index contributed by atoms with van der Waals surface area (Å²) in [6.45, 7) is 41.7. The summed E-state index contributed by atoms with van der Waals surface area (Å²) < 4.78 is 6.83. The number of furan rings is 1. The Hall–Kier alpha value is -7.76. The van der Waals surface area contributed by atoms with Gasteiger partial charge < -0.3 is 19.0 Å². The SMILES string of the molecule is CC(C)(C)c1ccc(N(c2cc3c4c(c2)N(c2ccc5c(c2)C(C)(C)CCC5(C)C)c2cc5c(cc2B4N(c2ccc4c(c2)C(C)(C)CCC4(C)C)c2ccc4c(c2-3)C(C)(C)c2ccccc2-4)C(C)(C)CCC5(C)C)c2ccc3c(c2)oc2ccccc23)cc1. The van der Waals surface area contributed by atoms with E-state index in [2.05, 4.69) is 296 Å². The Kier molecular flexibility index (Phi) is 11.9. The molecule has 0 amide bonds. The summed E-state index contributed by atoms with van der Waals surface area (Å²) in [5, 5.41) is 2.26. The number of hydrogen-bond acceptors (Lipinski definition) is 4. The quantitative estimate of drug-likeness (QED) is 0.160. The van der Waals surface area contributed by atoms with Crippen LogP contribution in [0, 0.1) is 0 Å². The third-order valence-corrected chi connectivity index (χ3v) is 23.8. The standard InChI is InChI=1S/C85H90BN3O/c1-78(2,3)51-26-28-52(29-27-51)87(54-30-33-59-58-23-19-21-25-73(58)90-74(59)48-54)56-44-61-75-70(37-34-60-57-22-18-20-24-62(57)85(16,17)76(60)75)89(55-32-36-64-66(46-55)82(10,11)41-39-80(64,6)7)86-69-49-67-68(84(14,15)43-42-83(67,12)13)50-71(69)88(72(47-56)77(61)86)53-31-35-63-65(45-53)81(8,9)40-38-79(63,4)5/h18-37,44-50H,38-43H2,1-17H3. The molecule has 2 aliphatic heterocycles. The van der Waals surface area contributed by atoms with Gasteiger partial charge in [-0.3, -0.25) is 0 Å². The monoisotopic (exact) mass is 1180 g/mol. The summed E-state index contributed by atoms with van der Waals surface area (Å²) in [7, 11) is 0. The predicted molar refractivity (Wildman–Crippen MR) is 384 cm³/mol. The van der Waals surface area contributed by atoms with E-state index < -0.39 is 0 Å². The van der Waals surface area contributed by atoms with Gasteiger partial charge in [0.05, 0.1) is 0 Å². The van der Waals surface area contributed by atoms with Gasteiger partial charge in [0.2, 0.25) is 0 Å². The van der Waals surface area contributed by atoms with Crippen LogP contribution in [-0.2, 0) is 43.3 Å². The minimum atomic E-state index is -0.326. The Bertz CT molecular complexity index is 4710. The number of benzene rings is 9. The number of nitrogens with zero attached hydrogens (tertiary/aromatic N) is 3. The Balaban J connectivity index is 1.08. The van der Waals surface area contributed by atoms with Crippen LogP contribution < -0.4 is 25.5 Å². The van der Waals surface area contributed by atoms with E-state index in [0.29, 0.717) is 0 Å². The first-order valence-corrected chi connectivity index (χ1v) is 33.8. The smallest absolute Gasteiger partial charge is 0.333 e. The zero-order valence-corrected chi connectivity index (χ0v) is 56.7. The Morgan fingerprint density at radius 2 is 0.944 bits per heavy atom. The molecule has 4 nitrogen and oxygen atoms in total. The Morgan fingerprint density at radius 3 is 1.59 bits per heavy atom. The fraction of sp³-hybridized carbons (Fsp3) is 0.365. The first-order chi connectivity index (χ1) is 42.5. The molecule has 10 aromatic rings. The van der Waals surface area contributed by atoms with Gasteiger partial charge in [-0.2, -0.15) is 0 Å². The van der Waals surface area contributed by atoms with E-state index in [4.69, 9.17) is 4.42 Å². The first kappa shape index (κ1) is 57.4. The molecule has 0 saturated heterocycles. The molecule has 4 aliphatic carbocycles. The molecule has 454 valence electrons. The molecular formula is C85H90BN3O. The van der Waals surface area contributed by atoms with Gasteiger partial charge in [-0.05, 0) is 233 Å². The second-order valence-electron chi connectivity index (χ2n) is 33.7. The molecule has 0 saturated carbocycles. The summed E-state index contributed by atoms with van der Waals surface area (Å²) in [4.78, 5) is 8.15. The van der Waals surface area contributed by atoms with Crippen molar-refractivity contribution in [2.45, 2.75) is 200 Å². The maximum Gasteiger partial charge on any atom is 0.333 e. The van der Waals surface area contributed by atoms with Crippen LogP contribution in [0.4, 0.5) is 45.5 Å². The molecule has 0 spiro atoms. The predicted octanol–water partition coefficient (Wildman–Crippen LogP) is 22.4.